The van der Waals surface area contributed by atoms with E-state index in [1.807, 2.05) is 30.6 Å². The summed E-state index contributed by atoms with van der Waals surface area (Å²) in [5, 5.41) is 4.79. The first-order valence-electron chi connectivity index (χ1n) is 11.0. The fourth-order valence-electron chi connectivity index (χ4n) is 4.93. The van der Waals surface area contributed by atoms with Gasteiger partial charge in [0.25, 0.3) is 0 Å². The first-order valence-corrected chi connectivity index (χ1v) is 11.4. The van der Waals surface area contributed by atoms with Crippen molar-refractivity contribution in [1.82, 2.24) is 19.7 Å². The molecule has 0 unspecified atom stereocenters. The maximum Gasteiger partial charge on any atom is 0.232 e. The highest BCUT2D eigenvalue weighted by Gasteiger charge is 2.35. The molecule has 1 aliphatic heterocycles. The molecular formula is C24H22ClN5O2. The molecule has 1 atom stereocenters. The van der Waals surface area contributed by atoms with E-state index in [4.69, 9.17) is 16.1 Å². The van der Waals surface area contributed by atoms with E-state index in [0.717, 1.165) is 22.3 Å². The summed E-state index contributed by atoms with van der Waals surface area (Å²) in [7, 11) is 0. The Hall–Kier alpha value is -3.19. The lowest BCUT2D eigenvalue weighted by Crippen LogP contribution is -2.24. The molecule has 32 heavy (non-hydrogen) atoms. The molecule has 1 amide bonds. The van der Waals surface area contributed by atoms with E-state index in [1.54, 1.807) is 17.0 Å². The molecule has 162 valence electrons. The monoisotopic (exact) mass is 447 g/mol. The Kier molecular flexibility index (Phi) is 4.72. The van der Waals surface area contributed by atoms with Crippen molar-refractivity contribution in [2.24, 2.45) is 0 Å². The summed E-state index contributed by atoms with van der Waals surface area (Å²) < 4.78 is 7.86. The number of fused-ring (bicyclic) bond motifs is 1. The van der Waals surface area contributed by atoms with Crippen LogP contribution in [-0.2, 0) is 4.79 Å². The second-order valence-electron chi connectivity index (χ2n) is 8.64. The molecule has 3 heterocycles. The number of carbonyl (C=O) groups is 1. The zero-order chi connectivity index (χ0) is 21.7. The SMILES string of the molecule is O=C1C[C@H](c2nc(-c3ccc4c(c3)ncn4C3CCCC3)no2)CN1c1cccc(Cl)c1. The van der Waals surface area contributed by atoms with Gasteiger partial charge in [-0.2, -0.15) is 4.98 Å². The van der Waals surface area contributed by atoms with E-state index in [1.165, 1.54) is 25.7 Å². The normalized spacial score (nSPS) is 19.5. The van der Waals surface area contributed by atoms with E-state index in [2.05, 4.69) is 25.8 Å². The summed E-state index contributed by atoms with van der Waals surface area (Å²) in [5.74, 6) is 0.879. The Morgan fingerprint density at radius 3 is 2.81 bits per heavy atom. The van der Waals surface area contributed by atoms with Gasteiger partial charge in [0.2, 0.25) is 17.6 Å². The van der Waals surface area contributed by atoms with Crippen LogP contribution in [0.4, 0.5) is 5.69 Å². The molecule has 1 saturated carbocycles. The fourth-order valence-corrected chi connectivity index (χ4v) is 5.11. The first kappa shape index (κ1) is 19.5. The van der Waals surface area contributed by atoms with Gasteiger partial charge in [0.15, 0.2) is 0 Å². The van der Waals surface area contributed by atoms with Gasteiger partial charge in [0.1, 0.15) is 0 Å². The highest BCUT2D eigenvalue weighted by Crippen LogP contribution is 2.35. The van der Waals surface area contributed by atoms with Crippen LogP contribution in [0.3, 0.4) is 0 Å². The van der Waals surface area contributed by atoms with Gasteiger partial charge in [-0.15, -0.1) is 0 Å². The van der Waals surface area contributed by atoms with Crippen molar-refractivity contribution in [3.63, 3.8) is 0 Å². The topological polar surface area (TPSA) is 77.0 Å². The van der Waals surface area contributed by atoms with Crippen LogP contribution in [0, 0.1) is 0 Å². The van der Waals surface area contributed by atoms with E-state index in [-0.39, 0.29) is 11.8 Å². The smallest absolute Gasteiger partial charge is 0.232 e. The highest BCUT2D eigenvalue weighted by molar-refractivity contribution is 6.30. The average Bonchev–Trinajstić information content (AvgIpc) is 3.58. The van der Waals surface area contributed by atoms with Gasteiger partial charge in [-0.1, -0.05) is 35.7 Å². The lowest BCUT2D eigenvalue weighted by molar-refractivity contribution is -0.117. The van der Waals surface area contributed by atoms with Crippen LogP contribution in [0.25, 0.3) is 22.4 Å². The van der Waals surface area contributed by atoms with Crippen molar-refractivity contribution in [2.75, 3.05) is 11.4 Å². The van der Waals surface area contributed by atoms with E-state index in [0.29, 0.717) is 35.7 Å². The Morgan fingerprint density at radius 1 is 1.09 bits per heavy atom. The number of imidazole rings is 1. The van der Waals surface area contributed by atoms with Crippen molar-refractivity contribution >= 4 is 34.2 Å². The van der Waals surface area contributed by atoms with Crippen molar-refractivity contribution in [3.8, 4) is 11.4 Å². The molecular weight excluding hydrogens is 426 g/mol. The minimum Gasteiger partial charge on any atom is -0.339 e. The molecule has 1 aliphatic carbocycles. The number of hydrogen-bond acceptors (Lipinski definition) is 5. The van der Waals surface area contributed by atoms with Crippen molar-refractivity contribution in [1.29, 1.82) is 0 Å². The molecule has 0 N–H and O–H groups in total. The summed E-state index contributed by atoms with van der Waals surface area (Å²) in [6.07, 6.45) is 7.28. The number of halogens is 1. The highest BCUT2D eigenvalue weighted by atomic mass is 35.5. The summed E-state index contributed by atoms with van der Waals surface area (Å²) in [6, 6.07) is 14.0. The van der Waals surface area contributed by atoms with Gasteiger partial charge in [-0.3, -0.25) is 4.79 Å². The molecule has 2 fully saturated rings. The fraction of sp³-hybridized carbons (Fsp3) is 0.333. The third kappa shape index (κ3) is 3.37. The van der Waals surface area contributed by atoms with Crippen LogP contribution in [0.2, 0.25) is 5.02 Å². The molecule has 1 saturated heterocycles. The Labute approximate surface area is 190 Å². The molecule has 2 aromatic carbocycles. The minimum absolute atomic E-state index is 0.0240. The third-order valence-electron chi connectivity index (χ3n) is 6.59. The molecule has 4 aromatic rings. The Morgan fingerprint density at radius 2 is 1.97 bits per heavy atom. The van der Waals surface area contributed by atoms with Crippen molar-refractivity contribution < 1.29 is 9.32 Å². The molecule has 0 radical (unpaired) electrons. The molecule has 2 aromatic heterocycles. The van der Waals surface area contributed by atoms with Crippen LogP contribution in [0.5, 0.6) is 0 Å². The number of aromatic nitrogens is 4. The number of nitrogens with zero attached hydrogens (tertiary/aromatic N) is 5. The number of carbonyl (C=O) groups excluding carboxylic acids is 1. The van der Waals surface area contributed by atoms with Crippen LogP contribution in [0.1, 0.15) is 50.0 Å². The van der Waals surface area contributed by atoms with Crippen LogP contribution >= 0.6 is 11.6 Å². The number of hydrogen-bond donors (Lipinski definition) is 0. The summed E-state index contributed by atoms with van der Waals surface area (Å²) >= 11 is 6.09. The Bertz CT molecular complexity index is 1310. The molecule has 6 rings (SSSR count). The van der Waals surface area contributed by atoms with Crippen LogP contribution in [0.15, 0.2) is 53.3 Å². The van der Waals surface area contributed by atoms with E-state index in [9.17, 15) is 4.79 Å². The summed E-state index contributed by atoms with van der Waals surface area (Å²) in [6.45, 7) is 0.492. The maximum absolute atomic E-state index is 12.6. The lowest BCUT2D eigenvalue weighted by Gasteiger charge is -2.16. The molecule has 0 bridgehead atoms. The minimum atomic E-state index is -0.145. The zero-order valence-corrected chi connectivity index (χ0v) is 18.2. The van der Waals surface area contributed by atoms with Crippen molar-refractivity contribution in [3.05, 3.63) is 59.7 Å². The second kappa shape index (κ2) is 7.74. The van der Waals surface area contributed by atoms with Gasteiger partial charge in [-0.25, -0.2) is 4.98 Å². The van der Waals surface area contributed by atoms with Gasteiger partial charge in [-0.05, 0) is 49.2 Å². The number of amides is 1. The molecule has 2 aliphatic rings. The lowest BCUT2D eigenvalue weighted by atomic mass is 10.1. The van der Waals surface area contributed by atoms with Gasteiger partial charge < -0.3 is 14.0 Å². The number of benzene rings is 2. The summed E-state index contributed by atoms with van der Waals surface area (Å²) in [5.41, 5.74) is 3.72. The predicted octanol–water partition coefficient (Wildman–Crippen LogP) is 5.38. The van der Waals surface area contributed by atoms with Gasteiger partial charge >= 0.3 is 0 Å². The van der Waals surface area contributed by atoms with Crippen LogP contribution < -0.4 is 4.90 Å². The van der Waals surface area contributed by atoms with Crippen molar-refractivity contribution in [2.45, 2.75) is 44.1 Å². The Balaban J connectivity index is 1.24. The third-order valence-corrected chi connectivity index (χ3v) is 6.82. The standard InChI is InChI=1S/C24H22ClN5O2/c25-17-4-3-7-19(12-17)29-13-16(11-22(29)31)24-27-23(28-32-24)15-8-9-21-20(10-15)26-14-30(21)18-5-1-2-6-18/h3-4,7-10,12,14,16,18H,1-2,5-6,11,13H2/t16-/m0/s1. The van der Waals surface area contributed by atoms with E-state index < -0.39 is 0 Å². The number of rotatable bonds is 4. The maximum atomic E-state index is 12.6. The zero-order valence-electron chi connectivity index (χ0n) is 17.4. The second-order valence-corrected chi connectivity index (χ2v) is 9.07. The first-order chi connectivity index (χ1) is 15.7. The quantitative estimate of drug-likeness (QED) is 0.420. The van der Waals surface area contributed by atoms with E-state index >= 15 is 0 Å². The predicted molar refractivity (Wildman–Crippen MR) is 122 cm³/mol. The average molecular weight is 448 g/mol. The van der Waals surface area contributed by atoms with Crippen LogP contribution in [-0.4, -0.2) is 32.1 Å². The molecule has 7 nitrogen and oxygen atoms in total. The largest absolute Gasteiger partial charge is 0.339 e. The summed E-state index contributed by atoms with van der Waals surface area (Å²) in [4.78, 5) is 23.5. The van der Waals surface area contributed by atoms with Gasteiger partial charge in [0, 0.05) is 35.3 Å². The van der Waals surface area contributed by atoms with Gasteiger partial charge in [0.05, 0.1) is 23.3 Å². The molecule has 0 spiro atoms. The number of anilines is 1. The molecule has 8 heteroatoms.